The average Bonchev–Trinajstić information content (AvgIpc) is 3.00. The van der Waals surface area contributed by atoms with Crippen LogP contribution < -0.4 is 10.6 Å². The van der Waals surface area contributed by atoms with Gasteiger partial charge in [0, 0.05) is 18.7 Å². The highest BCUT2D eigenvalue weighted by atomic mass is 16.6. The molecule has 1 aromatic heterocycles. The maximum Gasteiger partial charge on any atom is 0.407 e. The molecule has 1 aromatic carbocycles. The Labute approximate surface area is 139 Å². The van der Waals surface area contributed by atoms with Gasteiger partial charge in [-0.2, -0.15) is 0 Å². The smallest absolute Gasteiger partial charge is 0.407 e. The molecule has 1 heterocycles. The largest absolute Gasteiger partial charge is 0.444 e. The van der Waals surface area contributed by atoms with E-state index in [2.05, 4.69) is 20.8 Å². The van der Waals surface area contributed by atoms with Crippen molar-refractivity contribution in [2.24, 2.45) is 0 Å². The molecule has 0 saturated heterocycles. The molecular weight excluding hydrogens is 312 g/mol. The van der Waals surface area contributed by atoms with Crippen LogP contribution in [0.15, 0.2) is 34.7 Å². The van der Waals surface area contributed by atoms with Gasteiger partial charge in [0.1, 0.15) is 5.60 Å². The second-order valence-electron chi connectivity index (χ2n) is 5.96. The molecule has 128 valence electrons. The normalized spacial score (nSPS) is 11.0. The predicted octanol–water partition coefficient (Wildman–Crippen LogP) is 1.99. The third-order valence-electron chi connectivity index (χ3n) is 2.72. The average molecular weight is 332 g/mol. The summed E-state index contributed by atoms with van der Waals surface area (Å²) in [6.07, 6.45) is -0.541. The minimum absolute atomic E-state index is 0.133. The Bertz CT molecular complexity index is 692. The minimum Gasteiger partial charge on any atom is -0.444 e. The highest BCUT2D eigenvalue weighted by Crippen LogP contribution is 2.16. The number of amides is 2. The second-order valence-corrected chi connectivity index (χ2v) is 5.96. The van der Waals surface area contributed by atoms with E-state index in [1.165, 1.54) is 0 Å². The Morgan fingerprint density at radius 1 is 1.08 bits per heavy atom. The van der Waals surface area contributed by atoms with Crippen molar-refractivity contribution in [2.45, 2.75) is 26.4 Å². The van der Waals surface area contributed by atoms with E-state index >= 15 is 0 Å². The molecule has 24 heavy (non-hydrogen) atoms. The van der Waals surface area contributed by atoms with Gasteiger partial charge in [-0.05, 0) is 32.9 Å². The molecular formula is C16H20N4O4. The summed E-state index contributed by atoms with van der Waals surface area (Å²) in [5, 5.41) is 12.7. The van der Waals surface area contributed by atoms with Crippen molar-refractivity contribution in [2.75, 3.05) is 13.1 Å². The number of ether oxygens (including phenoxy) is 1. The van der Waals surface area contributed by atoms with Gasteiger partial charge >= 0.3 is 17.9 Å². The predicted molar refractivity (Wildman–Crippen MR) is 86.3 cm³/mol. The topological polar surface area (TPSA) is 106 Å². The number of hydrogen-bond acceptors (Lipinski definition) is 6. The molecule has 0 spiro atoms. The zero-order valence-electron chi connectivity index (χ0n) is 13.8. The molecule has 0 fully saturated rings. The number of carbonyl (C=O) groups is 2. The van der Waals surface area contributed by atoms with E-state index in [4.69, 9.17) is 9.15 Å². The van der Waals surface area contributed by atoms with Crippen molar-refractivity contribution in [3.8, 4) is 11.5 Å². The zero-order valence-corrected chi connectivity index (χ0v) is 13.8. The molecule has 2 N–H and O–H groups in total. The fraction of sp³-hybridized carbons (Fsp3) is 0.375. The van der Waals surface area contributed by atoms with Gasteiger partial charge in [0.2, 0.25) is 5.89 Å². The first kappa shape index (κ1) is 17.5. The summed E-state index contributed by atoms with van der Waals surface area (Å²) in [6, 6.07) is 9.15. The van der Waals surface area contributed by atoms with Crippen molar-refractivity contribution in [3.05, 3.63) is 36.2 Å². The van der Waals surface area contributed by atoms with Gasteiger partial charge in [0.15, 0.2) is 0 Å². The van der Waals surface area contributed by atoms with Crippen molar-refractivity contribution in [1.82, 2.24) is 20.8 Å². The van der Waals surface area contributed by atoms with E-state index in [9.17, 15) is 9.59 Å². The maximum absolute atomic E-state index is 11.9. The van der Waals surface area contributed by atoms with Crippen molar-refractivity contribution >= 4 is 12.0 Å². The maximum atomic E-state index is 11.9. The molecule has 0 unspecified atom stereocenters. The van der Waals surface area contributed by atoms with Gasteiger partial charge in [-0.25, -0.2) is 4.79 Å². The van der Waals surface area contributed by atoms with Crippen LogP contribution in [0.3, 0.4) is 0 Å². The van der Waals surface area contributed by atoms with E-state index < -0.39 is 17.6 Å². The van der Waals surface area contributed by atoms with Crippen LogP contribution in [0.25, 0.3) is 11.5 Å². The standard InChI is InChI=1S/C16H20N4O4/c1-16(2,3)24-15(22)18-10-9-17-12(21)14-20-19-13(23-14)11-7-5-4-6-8-11/h4-8H,9-10H2,1-3H3,(H,17,21)(H,18,22). The van der Waals surface area contributed by atoms with Crippen LogP contribution in [0.5, 0.6) is 0 Å². The lowest BCUT2D eigenvalue weighted by Gasteiger charge is -2.19. The van der Waals surface area contributed by atoms with E-state index in [0.29, 0.717) is 0 Å². The lowest BCUT2D eigenvalue weighted by atomic mass is 10.2. The monoisotopic (exact) mass is 332 g/mol. The van der Waals surface area contributed by atoms with Gasteiger partial charge < -0.3 is 19.8 Å². The van der Waals surface area contributed by atoms with Gasteiger partial charge in [-0.3, -0.25) is 4.79 Å². The zero-order chi connectivity index (χ0) is 17.6. The molecule has 0 aliphatic rings. The molecule has 0 aliphatic heterocycles. The first-order valence-corrected chi connectivity index (χ1v) is 7.49. The lowest BCUT2D eigenvalue weighted by molar-refractivity contribution is 0.0526. The van der Waals surface area contributed by atoms with Gasteiger partial charge in [-0.15, -0.1) is 10.2 Å². The first-order valence-electron chi connectivity index (χ1n) is 7.49. The first-order chi connectivity index (χ1) is 11.3. The molecule has 2 aromatic rings. The van der Waals surface area contributed by atoms with E-state index in [1.807, 2.05) is 18.2 Å². The molecule has 0 aliphatic carbocycles. The van der Waals surface area contributed by atoms with Crippen LogP contribution in [0.4, 0.5) is 4.79 Å². The molecule has 0 saturated carbocycles. The van der Waals surface area contributed by atoms with Crippen molar-refractivity contribution in [3.63, 3.8) is 0 Å². The molecule has 0 atom stereocenters. The van der Waals surface area contributed by atoms with Crippen LogP contribution >= 0.6 is 0 Å². The minimum atomic E-state index is -0.565. The Balaban J connectivity index is 1.77. The van der Waals surface area contributed by atoms with E-state index in [1.54, 1.807) is 32.9 Å². The molecule has 8 nitrogen and oxygen atoms in total. The number of aromatic nitrogens is 2. The Morgan fingerprint density at radius 2 is 1.75 bits per heavy atom. The summed E-state index contributed by atoms with van der Waals surface area (Å²) in [5.74, 6) is -0.366. The lowest BCUT2D eigenvalue weighted by Crippen LogP contribution is -2.37. The highest BCUT2D eigenvalue weighted by molar-refractivity contribution is 5.89. The van der Waals surface area contributed by atoms with Crippen molar-refractivity contribution in [1.29, 1.82) is 0 Å². The quantitative estimate of drug-likeness (QED) is 0.811. The number of nitrogens with zero attached hydrogens (tertiary/aromatic N) is 2. The van der Waals surface area contributed by atoms with Crippen LogP contribution in [0, 0.1) is 0 Å². The van der Waals surface area contributed by atoms with Gasteiger partial charge in [0.25, 0.3) is 0 Å². The van der Waals surface area contributed by atoms with Gasteiger partial charge in [0.05, 0.1) is 0 Å². The van der Waals surface area contributed by atoms with Gasteiger partial charge in [-0.1, -0.05) is 18.2 Å². The molecule has 0 bridgehead atoms. The number of benzene rings is 1. The number of nitrogens with one attached hydrogen (secondary N) is 2. The number of carbonyl (C=O) groups excluding carboxylic acids is 2. The number of hydrogen-bond donors (Lipinski definition) is 2. The van der Waals surface area contributed by atoms with E-state index in [0.717, 1.165) is 5.56 Å². The SMILES string of the molecule is CC(C)(C)OC(=O)NCCNC(=O)c1nnc(-c2ccccc2)o1. The third kappa shape index (κ3) is 5.38. The van der Waals surface area contributed by atoms with Crippen LogP contribution in [-0.4, -0.2) is 40.9 Å². The van der Waals surface area contributed by atoms with E-state index in [-0.39, 0.29) is 24.9 Å². The summed E-state index contributed by atoms with van der Waals surface area (Å²) >= 11 is 0. The summed E-state index contributed by atoms with van der Waals surface area (Å²) < 4.78 is 10.4. The summed E-state index contributed by atoms with van der Waals surface area (Å²) in [6.45, 7) is 5.75. The summed E-state index contributed by atoms with van der Waals surface area (Å²) in [4.78, 5) is 23.4. The highest BCUT2D eigenvalue weighted by Gasteiger charge is 2.17. The number of rotatable bonds is 5. The molecule has 8 heteroatoms. The third-order valence-corrected chi connectivity index (χ3v) is 2.72. The Kier molecular flexibility index (Phi) is 5.51. The fourth-order valence-corrected chi connectivity index (χ4v) is 1.74. The van der Waals surface area contributed by atoms with Crippen LogP contribution in [0.2, 0.25) is 0 Å². The molecule has 2 rings (SSSR count). The molecule has 2 amide bonds. The molecule has 0 radical (unpaired) electrons. The summed E-state index contributed by atoms with van der Waals surface area (Å²) in [5.41, 5.74) is 0.168. The van der Waals surface area contributed by atoms with Crippen LogP contribution in [0.1, 0.15) is 31.5 Å². The van der Waals surface area contributed by atoms with Crippen LogP contribution in [-0.2, 0) is 4.74 Å². The Hall–Kier alpha value is -2.90. The summed E-state index contributed by atoms with van der Waals surface area (Å²) in [7, 11) is 0. The second kappa shape index (κ2) is 7.58. The number of alkyl carbamates (subject to hydrolysis) is 1. The fourth-order valence-electron chi connectivity index (χ4n) is 1.74. The Morgan fingerprint density at radius 3 is 2.42 bits per heavy atom. The van der Waals surface area contributed by atoms with Crippen molar-refractivity contribution < 1.29 is 18.7 Å².